The van der Waals surface area contributed by atoms with Crippen LogP contribution in [0.5, 0.6) is 5.75 Å². The van der Waals surface area contributed by atoms with Crippen LogP contribution in [0.4, 0.5) is 0 Å². The topological polar surface area (TPSA) is 20.2 Å². The Morgan fingerprint density at radius 1 is 0.400 bits per heavy atom. The molecule has 0 amide bonds. The molecule has 0 fully saturated rings. The van der Waals surface area contributed by atoms with Crippen LogP contribution in [0.1, 0.15) is 175 Å². The molecule has 1 nitrogen and oxygen atoms in total. The standard InChI is InChI=1S/C36H66OS3/c1-4-7-10-13-16-19-22-25-28-38-33-31-34(39-29-26-23-20-17-14-11-8-5-2)36(37)35(32-33)40-30-27-24-21-18-15-12-9-6-3/h31-32,37H,4-30H2,1-3H3. The average Bonchev–Trinajstić information content (AvgIpc) is 2.96. The summed E-state index contributed by atoms with van der Waals surface area (Å²) in [5.41, 5.74) is 0. The summed E-state index contributed by atoms with van der Waals surface area (Å²) in [6.45, 7) is 6.87. The highest BCUT2D eigenvalue weighted by Gasteiger charge is 2.12. The van der Waals surface area contributed by atoms with Gasteiger partial charge in [0.2, 0.25) is 0 Å². The fraction of sp³-hybridized carbons (Fsp3) is 0.833. The van der Waals surface area contributed by atoms with Crippen LogP contribution in [0.2, 0.25) is 0 Å². The molecule has 0 aliphatic heterocycles. The molecule has 0 saturated heterocycles. The monoisotopic (exact) mass is 610 g/mol. The van der Waals surface area contributed by atoms with Gasteiger partial charge >= 0.3 is 0 Å². The highest BCUT2D eigenvalue weighted by atomic mass is 32.2. The normalized spacial score (nSPS) is 11.5. The van der Waals surface area contributed by atoms with Gasteiger partial charge in [-0.05, 0) is 48.7 Å². The van der Waals surface area contributed by atoms with Crippen molar-refractivity contribution >= 4 is 35.3 Å². The molecule has 0 bridgehead atoms. The first kappa shape index (κ1) is 38.1. The Morgan fingerprint density at radius 3 is 1.00 bits per heavy atom. The SMILES string of the molecule is CCCCCCCCCCSc1cc(SCCCCCCCCCC)c(O)c(SCCCCCCCCCC)c1. The lowest BCUT2D eigenvalue weighted by Gasteiger charge is -2.13. The maximum atomic E-state index is 11.1. The number of phenols is 1. The smallest absolute Gasteiger partial charge is 0.142 e. The van der Waals surface area contributed by atoms with Gasteiger partial charge in [-0.1, -0.05) is 156 Å². The van der Waals surface area contributed by atoms with Crippen LogP contribution in [-0.4, -0.2) is 22.4 Å². The number of hydrogen-bond acceptors (Lipinski definition) is 4. The number of benzene rings is 1. The molecule has 0 heterocycles. The number of rotatable bonds is 30. The van der Waals surface area contributed by atoms with Crippen molar-refractivity contribution in [1.82, 2.24) is 0 Å². The molecule has 1 rings (SSSR count). The lowest BCUT2D eigenvalue weighted by Crippen LogP contribution is -1.89. The van der Waals surface area contributed by atoms with E-state index in [-0.39, 0.29) is 0 Å². The zero-order valence-electron chi connectivity index (χ0n) is 26.9. The molecule has 0 saturated carbocycles. The number of hydrogen-bond donors (Lipinski definition) is 1. The van der Waals surface area contributed by atoms with Crippen LogP contribution in [0.3, 0.4) is 0 Å². The van der Waals surface area contributed by atoms with Crippen LogP contribution in [0.15, 0.2) is 26.8 Å². The van der Waals surface area contributed by atoms with Crippen LogP contribution in [0.25, 0.3) is 0 Å². The van der Waals surface area contributed by atoms with Gasteiger partial charge in [0.05, 0.1) is 9.79 Å². The number of unbranched alkanes of at least 4 members (excludes halogenated alkanes) is 21. The lowest BCUT2D eigenvalue weighted by molar-refractivity contribution is 0.448. The maximum absolute atomic E-state index is 11.1. The largest absolute Gasteiger partial charge is 0.506 e. The summed E-state index contributed by atoms with van der Waals surface area (Å²) in [5, 5.41) is 11.1. The summed E-state index contributed by atoms with van der Waals surface area (Å²) in [4.78, 5) is 3.59. The van der Waals surface area contributed by atoms with Gasteiger partial charge in [-0.2, -0.15) is 0 Å². The van der Waals surface area contributed by atoms with Gasteiger partial charge in [0.15, 0.2) is 0 Å². The second-order valence-corrected chi connectivity index (χ2v) is 15.2. The van der Waals surface area contributed by atoms with Gasteiger partial charge in [0, 0.05) is 4.90 Å². The second-order valence-electron chi connectivity index (χ2n) is 11.7. The minimum Gasteiger partial charge on any atom is -0.506 e. The van der Waals surface area contributed by atoms with Crippen molar-refractivity contribution < 1.29 is 5.11 Å². The Morgan fingerprint density at radius 2 is 0.675 bits per heavy atom. The van der Waals surface area contributed by atoms with Crippen molar-refractivity contribution in [2.24, 2.45) is 0 Å². The third-order valence-corrected chi connectivity index (χ3v) is 11.1. The molecule has 4 heteroatoms. The number of thioether (sulfide) groups is 3. The van der Waals surface area contributed by atoms with Gasteiger partial charge in [0.25, 0.3) is 0 Å². The minimum atomic E-state index is 0.547. The molecule has 40 heavy (non-hydrogen) atoms. The van der Waals surface area contributed by atoms with Crippen LogP contribution in [-0.2, 0) is 0 Å². The first-order valence-electron chi connectivity index (χ1n) is 17.5. The Bertz CT molecular complexity index is 635. The summed E-state index contributed by atoms with van der Waals surface area (Å²) in [6, 6.07) is 4.56. The van der Waals surface area contributed by atoms with Crippen LogP contribution in [0, 0.1) is 0 Å². The Labute approximate surface area is 264 Å². The molecular weight excluding hydrogens is 545 g/mol. The van der Waals surface area contributed by atoms with Gasteiger partial charge in [-0.25, -0.2) is 0 Å². The molecule has 0 aliphatic carbocycles. The van der Waals surface area contributed by atoms with E-state index in [9.17, 15) is 5.11 Å². The fourth-order valence-corrected chi connectivity index (χ4v) is 8.37. The van der Waals surface area contributed by atoms with E-state index in [2.05, 4.69) is 32.9 Å². The highest BCUT2D eigenvalue weighted by molar-refractivity contribution is 8.01. The van der Waals surface area contributed by atoms with Gasteiger partial charge in [-0.15, -0.1) is 35.3 Å². The highest BCUT2D eigenvalue weighted by Crippen LogP contribution is 2.41. The average molecular weight is 611 g/mol. The molecule has 1 N–H and O–H groups in total. The van der Waals surface area contributed by atoms with Crippen molar-refractivity contribution in [3.05, 3.63) is 12.1 Å². The Balaban J connectivity index is 2.47. The molecule has 0 spiro atoms. The Kier molecular flexibility index (Phi) is 27.8. The van der Waals surface area contributed by atoms with Crippen LogP contribution < -0.4 is 0 Å². The van der Waals surface area contributed by atoms with Crippen molar-refractivity contribution in [3.63, 3.8) is 0 Å². The molecule has 1 aromatic rings. The zero-order chi connectivity index (χ0) is 28.9. The van der Waals surface area contributed by atoms with Gasteiger partial charge < -0.3 is 5.11 Å². The second kappa shape index (κ2) is 29.2. The van der Waals surface area contributed by atoms with E-state index < -0.39 is 0 Å². The maximum Gasteiger partial charge on any atom is 0.142 e. The Hall–Kier alpha value is 0.0700. The summed E-state index contributed by atoms with van der Waals surface area (Å²) in [6.07, 6.45) is 32.8. The van der Waals surface area contributed by atoms with E-state index in [1.807, 2.05) is 35.3 Å². The number of aromatic hydroxyl groups is 1. The first-order valence-corrected chi connectivity index (χ1v) is 20.4. The van der Waals surface area contributed by atoms with E-state index in [1.54, 1.807) is 0 Å². The van der Waals surface area contributed by atoms with E-state index in [1.165, 1.54) is 165 Å². The molecule has 1 aromatic carbocycles. The first-order chi connectivity index (χ1) is 19.7. The van der Waals surface area contributed by atoms with E-state index in [0.29, 0.717) is 5.75 Å². The molecule has 0 radical (unpaired) electrons. The minimum absolute atomic E-state index is 0.547. The van der Waals surface area contributed by atoms with Gasteiger partial charge in [0.1, 0.15) is 5.75 Å². The summed E-state index contributed by atoms with van der Waals surface area (Å²) in [5.74, 6) is 3.99. The van der Waals surface area contributed by atoms with Crippen molar-refractivity contribution in [1.29, 1.82) is 0 Å². The molecular formula is C36H66OS3. The molecule has 0 aromatic heterocycles. The van der Waals surface area contributed by atoms with E-state index in [4.69, 9.17) is 0 Å². The van der Waals surface area contributed by atoms with Gasteiger partial charge in [-0.3, -0.25) is 0 Å². The molecule has 0 aliphatic rings. The van der Waals surface area contributed by atoms with Crippen LogP contribution >= 0.6 is 35.3 Å². The number of phenolic OH excluding ortho intramolecular Hbond substituents is 1. The molecule has 0 unspecified atom stereocenters. The third-order valence-electron chi connectivity index (χ3n) is 7.79. The quantitative estimate of drug-likeness (QED) is 0.0690. The molecule has 234 valence electrons. The fourth-order valence-electron chi connectivity index (χ4n) is 5.12. The van der Waals surface area contributed by atoms with Crippen molar-refractivity contribution in [3.8, 4) is 5.75 Å². The summed E-state index contributed by atoms with van der Waals surface area (Å²) >= 11 is 5.77. The van der Waals surface area contributed by atoms with Crippen molar-refractivity contribution in [2.45, 2.75) is 190 Å². The predicted octanol–water partition coefficient (Wildman–Crippen LogP) is 14.1. The van der Waals surface area contributed by atoms with E-state index >= 15 is 0 Å². The summed E-state index contributed by atoms with van der Waals surface area (Å²) in [7, 11) is 0. The summed E-state index contributed by atoms with van der Waals surface area (Å²) < 4.78 is 0. The molecule has 0 atom stereocenters. The van der Waals surface area contributed by atoms with E-state index in [0.717, 1.165) is 21.3 Å². The van der Waals surface area contributed by atoms with Crippen molar-refractivity contribution in [2.75, 3.05) is 17.3 Å². The lowest BCUT2D eigenvalue weighted by atomic mass is 10.1. The zero-order valence-corrected chi connectivity index (χ0v) is 29.4. The predicted molar refractivity (Wildman–Crippen MR) is 188 cm³/mol. The third kappa shape index (κ3) is 21.7.